The molecule has 122 valence electrons. The van der Waals surface area contributed by atoms with Gasteiger partial charge >= 0.3 is 0 Å². The molecule has 1 N–H and O–H groups in total. The monoisotopic (exact) mass is 333 g/mol. The second-order valence-electron chi connectivity index (χ2n) is 5.58. The zero-order valence-corrected chi connectivity index (χ0v) is 14.2. The first-order chi connectivity index (χ1) is 10.9. The summed E-state index contributed by atoms with van der Waals surface area (Å²) < 4.78 is 1.38. The molecule has 0 saturated carbocycles. The van der Waals surface area contributed by atoms with Crippen molar-refractivity contribution in [3.8, 4) is 11.4 Å². The zero-order chi connectivity index (χ0) is 17.0. The summed E-state index contributed by atoms with van der Waals surface area (Å²) in [4.78, 5) is 29.0. The summed E-state index contributed by atoms with van der Waals surface area (Å²) in [5.41, 5.74) is 1.15. The molecule has 1 aromatic heterocycles. The fourth-order valence-corrected chi connectivity index (χ4v) is 2.44. The molecule has 1 amide bonds. The summed E-state index contributed by atoms with van der Waals surface area (Å²) in [5, 5.41) is 3.34. The first-order valence-electron chi connectivity index (χ1n) is 7.56. The van der Waals surface area contributed by atoms with E-state index < -0.39 is 0 Å². The minimum atomic E-state index is -0.245. The van der Waals surface area contributed by atoms with Crippen molar-refractivity contribution in [2.24, 2.45) is 0 Å². The quantitative estimate of drug-likeness (QED) is 0.915. The SMILES string of the molecule is CCc1cc(=O)n(CC(=O)NC(C)C)c(-c2cccc(Cl)c2)n1. The van der Waals surface area contributed by atoms with Crippen LogP contribution in [0.5, 0.6) is 0 Å². The third kappa shape index (κ3) is 4.42. The van der Waals surface area contributed by atoms with E-state index in [4.69, 9.17) is 11.6 Å². The van der Waals surface area contributed by atoms with Crippen LogP contribution in [0.1, 0.15) is 26.5 Å². The molecule has 23 heavy (non-hydrogen) atoms. The van der Waals surface area contributed by atoms with Crippen LogP contribution in [0.3, 0.4) is 0 Å². The molecule has 0 spiro atoms. The van der Waals surface area contributed by atoms with E-state index in [0.717, 1.165) is 0 Å². The number of halogens is 1. The average molecular weight is 334 g/mol. The van der Waals surface area contributed by atoms with Crippen LogP contribution in [0.2, 0.25) is 5.02 Å². The van der Waals surface area contributed by atoms with Crippen molar-refractivity contribution >= 4 is 17.5 Å². The van der Waals surface area contributed by atoms with E-state index in [2.05, 4.69) is 10.3 Å². The Hall–Kier alpha value is -2.14. The van der Waals surface area contributed by atoms with Gasteiger partial charge in [0.25, 0.3) is 5.56 Å². The molecule has 5 nitrogen and oxygen atoms in total. The Morgan fingerprint density at radius 1 is 1.35 bits per heavy atom. The van der Waals surface area contributed by atoms with Crippen molar-refractivity contribution < 1.29 is 4.79 Å². The number of nitrogens with zero attached hydrogens (tertiary/aromatic N) is 2. The Morgan fingerprint density at radius 2 is 2.09 bits per heavy atom. The summed E-state index contributed by atoms with van der Waals surface area (Å²) in [6, 6.07) is 8.58. The Bertz CT molecular complexity index is 769. The summed E-state index contributed by atoms with van der Waals surface area (Å²) in [6.07, 6.45) is 0.641. The number of benzene rings is 1. The molecular weight excluding hydrogens is 314 g/mol. The molecule has 0 atom stereocenters. The van der Waals surface area contributed by atoms with Gasteiger partial charge in [0.1, 0.15) is 12.4 Å². The highest BCUT2D eigenvalue weighted by Gasteiger charge is 2.14. The fraction of sp³-hybridized carbons (Fsp3) is 0.353. The van der Waals surface area contributed by atoms with Gasteiger partial charge in [0.2, 0.25) is 5.91 Å². The van der Waals surface area contributed by atoms with E-state index in [1.165, 1.54) is 10.6 Å². The van der Waals surface area contributed by atoms with Gasteiger partial charge < -0.3 is 5.32 Å². The van der Waals surface area contributed by atoms with Gasteiger partial charge in [-0.1, -0.05) is 30.7 Å². The van der Waals surface area contributed by atoms with Crippen LogP contribution in [0, 0.1) is 0 Å². The molecule has 0 bridgehead atoms. The van der Waals surface area contributed by atoms with E-state index in [1.54, 1.807) is 18.2 Å². The van der Waals surface area contributed by atoms with E-state index in [0.29, 0.717) is 28.5 Å². The van der Waals surface area contributed by atoms with Gasteiger partial charge in [0.15, 0.2) is 0 Å². The van der Waals surface area contributed by atoms with Crippen molar-refractivity contribution in [2.75, 3.05) is 0 Å². The van der Waals surface area contributed by atoms with Gasteiger partial charge in [-0.3, -0.25) is 14.2 Å². The molecule has 0 radical (unpaired) electrons. The first kappa shape index (κ1) is 17.2. The van der Waals surface area contributed by atoms with Gasteiger partial charge in [0, 0.05) is 28.4 Å². The molecule has 1 heterocycles. The van der Waals surface area contributed by atoms with E-state index in [9.17, 15) is 9.59 Å². The topological polar surface area (TPSA) is 64.0 Å². The van der Waals surface area contributed by atoms with Crippen LogP contribution in [0.15, 0.2) is 35.1 Å². The third-order valence-corrected chi connectivity index (χ3v) is 3.49. The molecule has 0 aliphatic heterocycles. The molecule has 2 aromatic rings. The van der Waals surface area contributed by atoms with Crippen molar-refractivity contribution in [2.45, 2.75) is 39.8 Å². The summed E-state index contributed by atoms with van der Waals surface area (Å²) in [7, 11) is 0. The van der Waals surface area contributed by atoms with Gasteiger partial charge in [-0.2, -0.15) is 0 Å². The lowest BCUT2D eigenvalue weighted by Gasteiger charge is -2.14. The molecule has 0 unspecified atom stereocenters. The van der Waals surface area contributed by atoms with Crippen molar-refractivity contribution in [1.82, 2.24) is 14.9 Å². The smallest absolute Gasteiger partial charge is 0.254 e. The molecular formula is C17H20ClN3O2. The summed E-state index contributed by atoms with van der Waals surface area (Å²) in [6.45, 7) is 5.60. The highest BCUT2D eigenvalue weighted by atomic mass is 35.5. The molecule has 1 aromatic carbocycles. The van der Waals surface area contributed by atoms with Crippen LogP contribution in [-0.2, 0) is 17.8 Å². The number of amides is 1. The van der Waals surface area contributed by atoms with Crippen LogP contribution < -0.4 is 10.9 Å². The Labute approximate surface area is 140 Å². The van der Waals surface area contributed by atoms with Crippen LogP contribution in [0.25, 0.3) is 11.4 Å². The first-order valence-corrected chi connectivity index (χ1v) is 7.94. The highest BCUT2D eigenvalue weighted by Crippen LogP contribution is 2.20. The number of aromatic nitrogens is 2. The average Bonchev–Trinajstić information content (AvgIpc) is 2.48. The second-order valence-corrected chi connectivity index (χ2v) is 6.02. The molecule has 0 fully saturated rings. The number of carbonyl (C=O) groups is 1. The minimum absolute atomic E-state index is 0.00990. The minimum Gasteiger partial charge on any atom is -0.352 e. The highest BCUT2D eigenvalue weighted by molar-refractivity contribution is 6.30. The second kappa shape index (κ2) is 7.42. The van der Waals surface area contributed by atoms with E-state index >= 15 is 0 Å². The number of hydrogen-bond acceptors (Lipinski definition) is 3. The van der Waals surface area contributed by atoms with Crippen molar-refractivity contribution in [3.05, 3.63) is 51.4 Å². The molecule has 0 aliphatic rings. The Morgan fingerprint density at radius 3 is 2.70 bits per heavy atom. The normalized spacial score (nSPS) is 10.8. The molecule has 0 saturated heterocycles. The summed E-state index contributed by atoms with van der Waals surface area (Å²) in [5.74, 6) is 0.229. The van der Waals surface area contributed by atoms with Crippen LogP contribution >= 0.6 is 11.6 Å². The number of nitrogens with one attached hydrogen (secondary N) is 1. The third-order valence-electron chi connectivity index (χ3n) is 3.26. The van der Waals surface area contributed by atoms with Crippen LogP contribution in [0.4, 0.5) is 0 Å². The maximum Gasteiger partial charge on any atom is 0.254 e. The number of carbonyl (C=O) groups excluding carboxylic acids is 1. The van der Waals surface area contributed by atoms with Gasteiger partial charge in [-0.25, -0.2) is 4.98 Å². The van der Waals surface area contributed by atoms with Gasteiger partial charge in [-0.15, -0.1) is 0 Å². The lowest BCUT2D eigenvalue weighted by molar-refractivity contribution is -0.122. The largest absolute Gasteiger partial charge is 0.352 e. The maximum atomic E-state index is 12.4. The van der Waals surface area contributed by atoms with E-state index in [1.807, 2.05) is 26.8 Å². The van der Waals surface area contributed by atoms with Gasteiger partial charge in [0.05, 0.1) is 0 Å². The predicted molar refractivity (Wildman–Crippen MR) is 91.6 cm³/mol. The predicted octanol–water partition coefficient (Wildman–Crippen LogP) is 2.65. The lowest BCUT2D eigenvalue weighted by Crippen LogP contribution is -2.37. The number of rotatable bonds is 5. The van der Waals surface area contributed by atoms with Gasteiger partial charge in [-0.05, 0) is 32.4 Å². The maximum absolute atomic E-state index is 12.4. The molecule has 6 heteroatoms. The lowest BCUT2D eigenvalue weighted by atomic mass is 10.2. The molecule has 2 rings (SSSR count). The summed E-state index contributed by atoms with van der Waals surface area (Å²) >= 11 is 6.04. The zero-order valence-electron chi connectivity index (χ0n) is 13.5. The van der Waals surface area contributed by atoms with Crippen LogP contribution in [-0.4, -0.2) is 21.5 Å². The fourth-order valence-electron chi connectivity index (χ4n) is 2.25. The molecule has 0 aliphatic carbocycles. The Balaban J connectivity index is 2.52. The standard InChI is InChI=1S/C17H20ClN3O2/c1-4-14-9-16(23)21(10-15(22)19-11(2)3)17(20-14)12-6-5-7-13(18)8-12/h5-9,11H,4,10H2,1-3H3,(H,19,22). The van der Waals surface area contributed by atoms with Crippen molar-refractivity contribution in [1.29, 1.82) is 0 Å². The van der Waals surface area contributed by atoms with E-state index in [-0.39, 0.29) is 24.1 Å². The number of aryl methyl sites for hydroxylation is 1. The van der Waals surface area contributed by atoms with Crippen molar-refractivity contribution in [3.63, 3.8) is 0 Å². The number of hydrogen-bond donors (Lipinski definition) is 1. The Kier molecular flexibility index (Phi) is 5.55.